The van der Waals surface area contributed by atoms with E-state index in [4.69, 9.17) is 9.84 Å². The van der Waals surface area contributed by atoms with Gasteiger partial charge in [0.25, 0.3) is 0 Å². The number of unbranched alkanes of at least 4 members (excludes halogenated alkanes) is 1. The molecule has 0 aliphatic carbocycles. The molecule has 0 bridgehead atoms. The molecule has 0 amide bonds. The van der Waals surface area contributed by atoms with E-state index in [0.717, 1.165) is 42.1 Å². The summed E-state index contributed by atoms with van der Waals surface area (Å²) in [7, 11) is 5.30. The molecule has 7 nitrogen and oxygen atoms in total. The van der Waals surface area contributed by atoms with Gasteiger partial charge in [0, 0.05) is 28.6 Å². The highest BCUT2D eigenvalue weighted by atomic mass is 32.2. The Hall–Kier alpha value is -3.04. The molecule has 0 saturated heterocycles. The summed E-state index contributed by atoms with van der Waals surface area (Å²) in [5, 5.41) is 19.7. The minimum atomic E-state index is -4.40. The Bertz CT molecular complexity index is 1290. The average Bonchev–Trinajstić information content (AvgIpc) is 3.26. The van der Waals surface area contributed by atoms with Crippen LogP contribution in [0, 0.1) is 11.8 Å². The lowest BCUT2D eigenvalue weighted by atomic mass is 10.1. The maximum absolute atomic E-state index is 13.6. The largest absolute Gasteiger partial charge is 0.495 e. The fourth-order valence-corrected chi connectivity index (χ4v) is 5.00. The second kappa shape index (κ2) is 15.7. The molecule has 0 aliphatic heterocycles. The van der Waals surface area contributed by atoms with Crippen molar-refractivity contribution in [2.24, 2.45) is 0 Å². The monoisotopic (exact) mass is 577 g/mol. The summed E-state index contributed by atoms with van der Waals surface area (Å²) in [6.45, 7) is 0.0341. The van der Waals surface area contributed by atoms with Crippen molar-refractivity contribution in [1.82, 2.24) is 14.6 Å². The van der Waals surface area contributed by atoms with Crippen LogP contribution < -0.4 is 25.4 Å². The van der Waals surface area contributed by atoms with Gasteiger partial charge in [-0.05, 0) is 101 Å². The van der Waals surface area contributed by atoms with Gasteiger partial charge in [0.15, 0.2) is 0 Å². The minimum Gasteiger partial charge on any atom is -0.495 e. The van der Waals surface area contributed by atoms with Gasteiger partial charge in [0.1, 0.15) is 12.3 Å². The summed E-state index contributed by atoms with van der Waals surface area (Å²) in [4.78, 5) is 0.985. The third kappa shape index (κ3) is 9.27. The Kier molecular flexibility index (Phi) is 12.3. The zero-order chi connectivity index (χ0) is 29.0. The van der Waals surface area contributed by atoms with Gasteiger partial charge in [-0.2, -0.15) is 13.2 Å². The average molecular weight is 578 g/mol. The van der Waals surface area contributed by atoms with Crippen molar-refractivity contribution in [3.8, 4) is 17.6 Å². The number of aliphatic hydroxyl groups excluding tert-OH is 1. The van der Waals surface area contributed by atoms with E-state index in [1.807, 2.05) is 38.4 Å². The van der Waals surface area contributed by atoms with Crippen LogP contribution in [0.4, 0.5) is 24.5 Å². The van der Waals surface area contributed by atoms with Gasteiger partial charge >= 0.3 is 6.18 Å². The number of nitrogens with one attached hydrogen (secondary N) is 4. The van der Waals surface area contributed by atoms with Gasteiger partial charge in [0.2, 0.25) is 0 Å². The Morgan fingerprint density at radius 2 is 1.90 bits per heavy atom. The normalized spacial score (nSPS) is 12.2. The molecule has 0 aliphatic rings. The van der Waals surface area contributed by atoms with E-state index >= 15 is 0 Å². The SMILES string of the molecule is CNCCC(CCCCO)Nc1cccc2c1cc(C#CCNc1ccc(SNC)cc1OC)n2CC(F)(F)F. The molecule has 2 aromatic carbocycles. The molecule has 1 aromatic heterocycles. The highest BCUT2D eigenvalue weighted by Gasteiger charge is 2.30. The lowest BCUT2D eigenvalue weighted by Gasteiger charge is -2.20. The number of aromatic nitrogens is 1. The van der Waals surface area contributed by atoms with Crippen molar-refractivity contribution in [3.63, 3.8) is 0 Å². The van der Waals surface area contributed by atoms with Crippen LogP contribution >= 0.6 is 11.9 Å². The maximum atomic E-state index is 13.6. The van der Waals surface area contributed by atoms with Crippen molar-refractivity contribution in [2.45, 2.75) is 49.3 Å². The second-order valence-corrected chi connectivity index (χ2v) is 10.3. The van der Waals surface area contributed by atoms with Gasteiger partial charge in [-0.3, -0.25) is 4.72 Å². The highest BCUT2D eigenvalue weighted by molar-refractivity contribution is 7.97. The van der Waals surface area contributed by atoms with Crippen LogP contribution in [0.2, 0.25) is 0 Å². The summed E-state index contributed by atoms with van der Waals surface area (Å²) in [6.07, 6.45) is -1.14. The van der Waals surface area contributed by atoms with Crippen molar-refractivity contribution < 1.29 is 23.0 Å². The molecule has 0 radical (unpaired) electrons. The highest BCUT2D eigenvalue weighted by Crippen LogP contribution is 2.31. The molecule has 3 aromatic rings. The van der Waals surface area contributed by atoms with Gasteiger partial charge in [0.05, 0.1) is 30.6 Å². The Morgan fingerprint density at radius 3 is 2.60 bits per heavy atom. The van der Waals surface area contributed by atoms with Crippen LogP contribution in [-0.2, 0) is 6.54 Å². The van der Waals surface area contributed by atoms with Gasteiger partial charge in [-0.25, -0.2) is 0 Å². The van der Waals surface area contributed by atoms with Crippen molar-refractivity contribution in [1.29, 1.82) is 0 Å². The van der Waals surface area contributed by atoms with Gasteiger partial charge < -0.3 is 30.4 Å². The molecule has 5 N–H and O–H groups in total. The molecule has 3 rings (SSSR count). The third-order valence-electron chi connectivity index (χ3n) is 6.32. The van der Waals surface area contributed by atoms with Crippen LogP contribution in [0.15, 0.2) is 47.4 Å². The minimum absolute atomic E-state index is 0.113. The van der Waals surface area contributed by atoms with Crippen LogP contribution in [0.1, 0.15) is 31.4 Å². The zero-order valence-corrected chi connectivity index (χ0v) is 23.9. The number of hydrogen-bond acceptors (Lipinski definition) is 7. The number of methoxy groups -OCH3 is 1. The fourth-order valence-electron chi connectivity index (χ4n) is 4.47. The van der Waals surface area contributed by atoms with Gasteiger partial charge in [-0.1, -0.05) is 12.0 Å². The Labute approximate surface area is 238 Å². The van der Waals surface area contributed by atoms with Crippen molar-refractivity contribution in [3.05, 3.63) is 48.2 Å². The smallest absolute Gasteiger partial charge is 0.406 e. The van der Waals surface area contributed by atoms with E-state index in [9.17, 15) is 13.2 Å². The lowest BCUT2D eigenvalue weighted by Crippen LogP contribution is -2.24. The number of nitrogens with zero attached hydrogens (tertiary/aromatic N) is 1. The number of halogens is 3. The first-order chi connectivity index (χ1) is 19.3. The van der Waals surface area contributed by atoms with Crippen molar-refractivity contribution >= 4 is 34.2 Å². The quantitative estimate of drug-likeness (QED) is 0.0933. The predicted octanol–water partition coefficient (Wildman–Crippen LogP) is 5.45. The molecule has 0 saturated carbocycles. The summed E-state index contributed by atoms with van der Waals surface area (Å²) in [6, 6.07) is 12.9. The number of hydrogen-bond donors (Lipinski definition) is 5. The zero-order valence-electron chi connectivity index (χ0n) is 23.1. The molecule has 1 atom stereocenters. The number of fused-ring (bicyclic) bond motifs is 1. The fraction of sp³-hybridized carbons (Fsp3) is 0.448. The van der Waals surface area contributed by atoms with E-state index in [1.54, 1.807) is 25.3 Å². The van der Waals surface area contributed by atoms with Crippen LogP contribution in [-0.4, -0.2) is 62.8 Å². The van der Waals surface area contributed by atoms with Crippen LogP contribution in [0.25, 0.3) is 10.9 Å². The Balaban J connectivity index is 1.87. The summed E-state index contributed by atoms with van der Waals surface area (Å²) in [5.74, 6) is 6.58. The molecule has 11 heteroatoms. The molecule has 1 heterocycles. The molecular weight excluding hydrogens is 539 g/mol. The molecular formula is C29H38F3N5O2S. The topological polar surface area (TPSA) is 82.5 Å². The van der Waals surface area contributed by atoms with Crippen LogP contribution in [0.5, 0.6) is 5.75 Å². The molecule has 40 heavy (non-hydrogen) atoms. The Morgan fingerprint density at radius 1 is 1.07 bits per heavy atom. The van der Waals surface area contributed by atoms with E-state index in [-0.39, 0.29) is 19.2 Å². The first-order valence-electron chi connectivity index (χ1n) is 13.2. The van der Waals surface area contributed by atoms with E-state index < -0.39 is 12.7 Å². The summed E-state index contributed by atoms with van der Waals surface area (Å²) in [5.41, 5.74) is 2.28. The number of rotatable bonds is 15. The number of anilines is 2. The first-order valence-corrected chi connectivity index (χ1v) is 14.1. The van der Waals surface area contributed by atoms with Crippen molar-refractivity contribution in [2.75, 3.05) is 51.5 Å². The van der Waals surface area contributed by atoms with E-state index in [1.165, 1.54) is 16.5 Å². The number of alkyl halides is 3. The number of aliphatic hydroxyl groups is 1. The second-order valence-electron chi connectivity index (χ2n) is 9.25. The van der Waals surface area contributed by atoms with E-state index in [0.29, 0.717) is 28.8 Å². The molecule has 218 valence electrons. The predicted molar refractivity (Wildman–Crippen MR) is 158 cm³/mol. The van der Waals surface area contributed by atoms with Gasteiger partial charge in [-0.15, -0.1) is 0 Å². The standard InChI is InChI=1S/C29H38F3N5O2S/c1-33-16-14-21(8-4-5-17-38)36-25-10-6-11-27-24(25)18-22(37(27)20-29(30,31)32)9-7-15-35-26-13-12-23(40-34-2)19-28(26)39-3/h6,10-13,18-19,21,33-36,38H,4-5,8,14-17,20H2,1-3H3. The maximum Gasteiger partial charge on any atom is 0.406 e. The van der Waals surface area contributed by atoms with E-state index in [2.05, 4.69) is 32.5 Å². The number of benzene rings is 2. The molecule has 1 unspecified atom stereocenters. The molecule has 0 spiro atoms. The first kappa shape index (κ1) is 31.5. The van der Waals surface area contributed by atoms with Crippen LogP contribution in [0.3, 0.4) is 0 Å². The summed E-state index contributed by atoms with van der Waals surface area (Å²) < 4.78 is 50.5. The third-order valence-corrected chi connectivity index (χ3v) is 7.02. The lowest BCUT2D eigenvalue weighted by molar-refractivity contribution is -0.140. The summed E-state index contributed by atoms with van der Waals surface area (Å²) >= 11 is 1.46. The molecule has 0 fully saturated rings. The number of ether oxygens (including phenoxy) is 1.